The third kappa shape index (κ3) is 7.16. The van der Waals surface area contributed by atoms with Crippen molar-refractivity contribution in [3.8, 4) is 0 Å². The van der Waals surface area contributed by atoms with E-state index >= 15 is 0 Å². The van der Waals surface area contributed by atoms with Gasteiger partial charge >= 0.3 is 12.2 Å². The van der Waals surface area contributed by atoms with Crippen LogP contribution in [0.4, 0.5) is 9.59 Å². The number of amides is 3. The Labute approximate surface area is 159 Å². The van der Waals surface area contributed by atoms with Crippen molar-refractivity contribution in [1.82, 2.24) is 15.1 Å². The summed E-state index contributed by atoms with van der Waals surface area (Å²) < 4.78 is 10.4. The first-order chi connectivity index (χ1) is 12.7. The molecule has 1 aromatic carbocycles. The van der Waals surface area contributed by atoms with Crippen LogP contribution in [0.2, 0.25) is 0 Å². The molecule has 1 aliphatic rings. The topological polar surface area (TPSA) is 88.2 Å². The lowest BCUT2D eigenvalue weighted by molar-refractivity contribution is -0.135. The number of rotatable bonds is 5. The molecule has 1 saturated heterocycles. The molecule has 0 atom stereocenters. The summed E-state index contributed by atoms with van der Waals surface area (Å²) in [7, 11) is 0. The molecule has 2 rings (SSSR count). The van der Waals surface area contributed by atoms with Crippen molar-refractivity contribution in [2.45, 2.75) is 33.0 Å². The maximum absolute atomic E-state index is 12.2. The zero-order valence-electron chi connectivity index (χ0n) is 16.1. The van der Waals surface area contributed by atoms with Crippen LogP contribution in [-0.2, 0) is 20.9 Å². The van der Waals surface area contributed by atoms with Crippen LogP contribution in [0, 0.1) is 0 Å². The molecule has 27 heavy (non-hydrogen) atoms. The Morgan fingerprint density at radius 2 is 1.85 bits per heavy atom. The third-order valence-corrected chi connectivity index (χ3v) is 3.83. The number of alkyl carbamates (subject to hydrolysis) is 1. The van der Waals surface area contributed by atoms with E-state index in [0.717, 1.165) is 5.56 Å². The second-order valence-corrected chi connectivity index (χ2v) is 7.27. The smallest absolute Gasteiger partial charge is 0.410 e. The normalized spacial score (nSPS) is 14.7. The largest absolute Gasteiger partial charge is 0.445 e. The van der Waals surface area contributed by atoms with Crippen molar-refractivity contribution in [3.63, 3.8) is 0 Å². The van der Waals surface area contributed by atoms with Gasteiger partial charge < -0.3 is 19.7 Å². The van der Waals surface area contributed by atoms with E-state index < -0.39 is 17.8 Å². The van der Waals surface area contributed by atoms with E-state index in [-0.39, 0.29) is 25.6 Å². The van der Waals surface area contributed by atoms with Crippen LogP contribution in [0.1, 0.15) is 26.3 Å². The van der Waals surface area contributed by atoms with Gasteiger partial charge in [-0.05, 0) is 26.3 Å². The van der Waals surface area contributed by atoms with E-state index in [4.69, 9.17) is 9.47 Å². The Morgan fingerprint density at radius 1 is 1.15 bits per heavy atom. The van der Waals surface area contributed by atoms with Gasteiger partial charge in [0.05, 0.1) is 0 Å². The minimum Gasteiger partial charge on any atom is -0.445 e. The Kier molecular flexibility index (Phi) is 7.04. The van der Waals surface area contributed by atoms with Crippen molar-refractivity contribution < 1.29 is 23.9 Å². The Bertz CT molecular complexity index is 657. The lowest BCUT2D eigenvalue weighted by Gasteiger charge is -2.35. The van der Waals surface area contributed by atoms with Gasteiger partial charge in [-0.15, -0.1) is 0 Å². The highest BCUT2D eigenvalue weighted by Gasteiger charge is 2.29. The number of carbonyl (C=O) groups excluding carboxylic acids is 3. The molecule has 0 bridgehead atoms. The molecule has 0 aromatic heterocycles. The SMILES string of the molecule is CC(C)(C)OC(=O)N1CCN(CCNC(=O)OCc2ccccc2)C(=O)C1. The minimum atomic E-state index is -0.596. The van der Waals surface area contributed by atoms with E-state index in [1.54, 1.807) is 25.7 Å². The summed E-state index contributed by atoms with van der Waals surface area (Å²) in [6.45, 7) is 6.97. The molecule has 8 nitrogen and oxygen atoms in total. The van der Waals surface area contributed by atoms with Crippen molar-refractivity contribution in [2.24, 2.45) is 0 Å². The maximum Gasteiger partial charge on any atom is 0.410 e. The zero-order valence-corrected chi connectivity index (χ0v) is 16.1. The number of nitrogens with zero attached hydrogens (tertiary/aromatic N) is 2. The van der Waals surface area contributed by atoms with Gasteiger partial charge in [0.15, 0.2) is 0 Å². The van der Waals surface area contributed by atoms with Gasteiger partial charge in [0, 0.05) is 26.2 Å². The average molecular weight is 377 g/mol. The van der Waals surface area contributed by atoms with Crippen LogP contribution in [0.5, 0.6) is 0 Å². The van der Waals surface area contributed by atoms with Gasteiger partial charge in [-0.25, -0.2) is 9.59 Å². The molecular formula is C19H27N3O5. The Hall–Kier alpha value is -2.77. The predicted octanol–water partition coefficient (Wildman–Crippen LogP) is 1.99. The average Bonchev–Trinajstić information content (AvgIpc) is 2.60. The van der Waals surface area contributed by atoms with Crippen LogP contribution in [0.25, 0.3) is 0 Å². The number of hydrogen-bond donors (Lipinski definition) is 1. The van der Waals surface area contributed by atoms with Crippen LogP contribution < -0.4 is 5.32 Å². The van der Waals surface area contributed by atoms with Crippen LogP contribution >= 0.6 is 0 Å². The van der Waals surface area contributed by atoms with E-state index in [1.165, 1.54) is 4.90 Å². The third-order valence-electron chi connectivity index (χ3n) is 3.83. The highest BCUT2D eigenvalue weighted by Crippen LogP contribution is 2.12. The van der Waals surface area contributed by atoms with Crippen molar-refractivity contribution in [3.05, 3.63) is 35.9 Å². The van der Waals surface area contributed by atoms with Gasteiger partial charge in [0.2, 0.25) is 5.91 Å². The number of piperazine rings is 1. The van der Waals surface area contributed by atoms with Gasteiger partial charge in [0.1, 0.15) is 18.8 Å². The highest BCUT2D eigenvalue weighted by atomic mass is 16.6. The first-order valence-corrected chi connectivity index (χ1v) is 8.95. The molecule has 3 amide bonds. The van der Waals surface area contributed by atoms with Gasteiger partial charge in [-0.1, -0.05) is 30.3 Å². The summed E-state index contributed by atoms with van der Waals surface area (Å²) in [5.74, 6) is -0.174. The molecule has 1 aliphatic heterocycles. The number of carbonyl (C=O) groups is 3. The fourth-order valence-corrected chi connectivity index (χ4v) is 2.49. The first kappa shape index (κ1) is 20.5. The molecule has 0 spiro atoms. The van der Waals surface area contributed by atoms with Crippen LogP contribution in [0.3, 0.4) is 0 Å². The minimum absolute atomic E-state index is 0.0205. The van der Waals surface area contributed by atoms with E-state index in [0.29, 0.717) is 19.6 Å². The molecule has 1 heterocycles. The highest BCUT2D eigenvalue weighted by molar-refractivity contribution is 5.83. The summed E-state index contributed by atoms with van der Waals surface area (Å²) >= 11 is 0. The number of hydrogen-bond acceptors (Lipinski definition) is 5. The first-order valence-electron chi connectivity index (χ1n) is 8.95. The second-order valence-electron chi connectivity index (χ2n) is 7.27. The van der Waals surface area contributed by atoms with Crippen molar-refractivity contribution in [1.29, 1.82) is 0 Å². The number of nitrogens with one attached hydrogen (secondary N) is 1. The molecule has 1 aromatic rings. The van der Waals surface area contributed by atoms with Crippen LogP contribution in [-0.4, -0.2) is 66.2 Å². The lowest BCUT2D eigenvalue weighted by Crippen LogP contribution is -2.54. The van der Waals surface area contributed by atoms with E-state index in [9.17, 15) is 14.4 Å². The quantitative estimate of drug-likeness (QED) is 0.848. The summed E-state index contributed by atoms with van der Waals surface area (Å²) in [6.07, 6.45) is -1.02. The standard InChI is InChI=1S/C19H27N3O5/c1-19(2,3)27-18(25)22-12-11-21(16(23)13-22)10-9-20-17(24)26-14-15-7-5-4-6-8-15/h4-8H,9-14H2,1-3H3,(H,20,24). The molecule has 0 unspecified atom stereocenters. The monoisotopic (exact) mass is 377 g/mol. The van der Waals surface area contributed by atoms with Gasteiger partial charge in [-0.3, -0.25) is 9.69 Å². The Morgan fingerprint density at radius 3 is 2.48 bits per heavy atom. The zero-order chi connectivity index (χ0) is 19.9. The summed E-state index contributed by atoms with van der Waals surface area (Å²) in [5.41, 5.74) is 0.308. The van der Waals surface area contributed by atoms with Crippen LogP contribution in [0.15, 0.2) is 30.3 Å². The van der Waals surface area contributed by atoms with E-state index in [1.807, 2.05) is 30.3 Å². The van der Waals surface area contributed by atoms with Gasteiger partial charge in [-0.2, -0.15) is 0 Å². The molecular weight excluding hydrogens is 350 g/mol. The van der Waals surface area contributed by atoms with Crippen molar-refractivity contribution in [2.75, 3.05) is 32.7 Å². The fraction of sp³-hybridized carbons (Fsp3) is 0.526. The maximum atomic E-state index is 12.2. The van der Waals surface area contributed by atoms with Gasteiger partial charge in [0.25, 0.3) is 0 Å². The molecule has 1 fully saturated rings. The Balaban J connectivity index is 1.66. The predicted molar refractivity (Wildman–Crippen MR) is 99.0 cm³/mol. The number of benzene rings is 1. The molecule has 8 heteroatoms. The fourth-order valence-electron chi connectivity index (χ4n) is 2.49. The summed E-state index contributed by atoms with van der Waals surface area (Å²) in [6, 6.07) is 9.38. The molecule has 0 saturated carbocycles. The number of ether oxygens (including phenoxy) is 2. The molecule has 0 radical (unpaired) electrons. The molecule has 0 aliphatic carbocycles. The van der Waals surface area contributed by atoms with E-state index in [2.05, 4.69) is 5.32 Å². The van der Waals surface area contributed by atoms with Crippen molar-refractivity contribution >= 4 is 18.1 Å². The molecule has 148 valence electrons. The summed E-state index contributed by atoms with van der Waals surface area (Å²) in [4.78, 5) is 38.9. The molecule has 1 N–H and O–H groups in total. The summed E-state index contributed by atoms with van der Waals surface area (Å²) in [5, 5.41) is 2.63. The second kappa shape index (κ2) is 9.25. The lowest BCUT2D eigenvalue weighted by atomic mass is 10.2.